The molecule has 0 fully saturated rings. The number of aryl methyl sites for hydroxylation is 1. The van der Waals surface area contributed by atoms with Crippen molar-refractivity contribution >= 4 is 0 Å². The zero-order valence-corrected chi connectivity index (χ0v) is 9.05. The van der Waals surface area contributed by atoms with E-state index >= 15 is 0 Å². The molecule has 2 atom stereocenters. The van der Waals surface area contributed by atoms with Gasteiger partial charge in [0.05, 0.1) is 0 Å². The van der Waals surface area contributed by atoms with Gasteiger partial charge in [-0.25, -0.2) is 0 Å². The highest BCUT2D eigenvalue weighted by Gasteiger charge is 2.57. The van der Waals surface area contributed by atoms with Gasteiger partial charge in [0.1, 0.15) is 0 Å². The zero-order chi connectivity index (χ0) is 12.6. The molecule has 0 aliphatic carbocycles. The van der Waals surface area contributed by atoms with E-state index in [1.165, 1.54) is 25.1 Å². The van der Waals surface area contributed by atoms with Gasteiger partial charge >= 0.3 is 6.18 Å². The Hall–Kier alpha value is -1.07. The van der Waals surface area contributed by atoms with Gasteiger partial charge < -0.3 is 10.8 Å². The van der Waals surface area contributed by atoms with Gasteiger partial charge in [0, 0.05) is 6.04 Å². The Morgan fingerprint density at radius 2 is 1.75 bits per heavy atom. The highest BCUT2D eigenvalue weighted by atomic mass is 19.4. The molecule has 5 heteroatoms. The van der Waals surface area contributed by atoms with E-state index in [0.717, 1.165) is 6.92 Å². The Morgan fingerprint density at radius 3 is 2.12 bits per heavy atom. The quantitative estimate of drug-likeness (QED) is 0.821. The number of rotatable bonds is 2. The predicted molar refractivity (Wildman–Crippen MR) is 54.8 cm³/mol. The van der Waals surface area contributed by atoms with Crippen LogP contribution >= 0.6 is 0 Å². The lowest BCUT2D eigenvalue weighted by Crippen LogP contribution is -2.54. The van der Waals surface area contributed by atoms with Crippen molar-refractivity contribution in [3.05, 3.63) is 35.4 Å². The SMILES string of the molecule is Cc1ccccc1C(O)(C(C)N)C(F)(F)F. The van der Waals surface area contributed by atoms with Crippen LogP contribution in [0.25, 0.3) is 0 Å². The average molecular weight is 233 g/mol. The molecule has 0 spiro atoms. The summed E-state index contributed by atoms with van der Waals surface area (Å²) < 4.78 is 38.7. The first-order valence-electron chi connectivity index (χ1n) is 4.82. The maximum Gasteiger partial charge on any atom is 0.422 e. The third kappa shape index (κ3) is 1.92. The fourth-order valence-electron chi connectivity index (χ4n) is 1.66. The monoisotopic (exact) mass is 233 g/mol. The zero-order valence-electron chi connectivity index (χ0n) is 9.05. The van der Waals surface area contributed by atoms with Gasteiger partial charge in [-0.1, -0.05) is 24.3 Å². The predicted octanol–water partition coefficient (Wildman–Crippen LogP) is 2.09. The van der Waals surface area contributed by atoms with Gasteiger partial charge in [0.25, 0.3) is 0 Å². The summed E-state index contributed by atoms with van der Waals surface area (Å²) in [7, 11) is 0. The average Bonchev–Trinajstić information content (AvgIpc) is 2.15. The van der Waals surface area contributed by atoms with Crippen LogP contribution in [0.5, 0.6) is 0 Å². The maximum atomic E-state index is 12.9. The summed E-state index contributed by atoms with van der Waals surface area (Å²) >= 11 is 0. The van der Waals surface area contributed by atoms with Crippen LogP contribution in [0.4, 0.5) is 13.2 Å². The minimum absolute atomic E-state index is 0.197. The molecular formula is C11H14F3NO. The Kier molecular flexibility index (Phi) is 3.30. The van der Waals surface area contributed by atoms with Crippen LogP contribution in [0.3, 0.4) is 0 Å². The number of aliphatic hydroxyl groups is 1. The number of hydrogen-bond donors (Lipinski definition) is 2. The molecule has 0 saturated carbocycles. The van der Waals surface area contributed by atoms with Crippen molar-refractivity contribution in [2.24, 2.45) is 5.73 Å². The van der Waals surface area contributed by atoms with E-state index in [0.29, 0.717) is 5.56 Å². The van der Waals surface area contributed by atoms with Crippen LogP contribution in [-0.2, 0) is 5.60 Å². The van der Waals surface area contributed by atoms with Crippen molar-refractivity contribution in [3.8, 4) is 0 Å². The van der Waals surface area contributed by atoms with Crippen LogP contribution in [0, 0.1) is 6.92 Å². The minimum Gasteiger partial charge on any atom is -0.375 e. The molecule has 2 nitrogen and oxygen atoms in total. The molecule has 0 aromatic heterocycles. The summed E-state index contributed by atoms with van der Waals surface area (Å²) in [5.41, 5.74) is 2.45. The largest absolute Gasteiger partial charge is 0.422 e. The van der Waals surface area contributed by atoms with Crippen molar-refractivity contribution < 1.29 is 18.3 Å². The Balaban J connectivity index is 3.40. The van der Waals surface area contributed by atoms with Gasteiger partial charge in [0.15, 0.2) is 0 Å². The van der Waals surface area contributed by atoms with Crippen LogP contribution in [-0.4, -0.2) is 17.3 Å². The number of benzene rings is 1. The van der Waals surface area contributed by atoms with Gasteiger partial charge in [-0.05, 0) is 25.0 Å². The van der Waals surface area contributed by atoms with E-state index in [4.69, 9.17) is 5.73 Å². The van der Waals surface area contributed by atoms with Gasteiger partial charge in [-0.2, -0.15) is 13.2 Å². The molecule has 1 aromatic carbocycles. The molecule has 0 bridgehead atoms. The smallest absolute Gasteiger partial charge is 0.375 e. The van der Waals surface area contributed by atoms with Crippen LogP contribution in [0.15, 0.2) is 24.3 Å². The molecule has 0 saturated heterocycles. The van der Waals surface area contributed by atoms with Crippen molar-refractivity contribution in [1.29, 1.82) is 0 Å². The number of hydrogen-bond acceptors (Lipinski definition) is 2. The standard InChI is InChI=1S/C11H14F3NO/c1-7-5-3-4-6-9(7)10(16,8(2)15)11(12,13)14/h3-6,8,16H,15H2,1-2H3. The second-order valence-electron chi connectivity index (χ2n) is 3.87. The molecule has 0 radical (unpaired) electrons. The Labute approximate surface area is 91.9 Å². The van der Waals surface area contributed by atoms with Gasteiger partial charge in [0.2, 0.25) is 5.60 Å². The van der Waals surface area contributed by atoms with E-state index in [-0.39, 0.29) is 5.56 Å². The van der Waals surface area contributed by atoms with Crippen LogP contribution in [0.1, 0.15) is 18.1 Å². The summed E-state index contributed by atoms with van der Waals surface area (Å²) in [5.74, 6) is 0. The molecule has 1 rings (SSSR count). The third-order valence-corrected chi connectivity index (χ3v) is 2.65. The first kappa shape index (κ1) is 13.0. The number of alkyl halides is 3. The van der Waals surface area contributed by atoms with Crippen molar-refractivity contribution in [2.75, 3.05) is 0 Å². The molecule has 1 aromatic rings. The van der Waals surface area contributed by atoms with Crippen LogP contribution < -0.4 is 5.73 Å². The molecule has 0 aliphatic heterocycles. The molecule has 0 heterocycles. The third-order valence-electron chi connectivity index (χ3n) is 2.65. The fourth-order valence-corrected chi connectivity index (χ4v) is 1.66. The molecule has 0 amide bonds. The molecule has 16 heavy (non-hydrogen) atoms. The topological polar surface area (TPSA) is 46.2 Å². The van der Waals surface area contributed by atoms with Gasteiger partial charge in [-0.3, -0.25) is 0 Å². The Morgan fingerprint density at radius 1 is 1.25 bits per heavy atom. The van der Waals surface area contributed by atoms with E-state index in [9.17, 15) is 18.3 Å². The highest BCUT2D eigenvalue weighted by molar-refractivity contribution is 5.34. The minimum atomic E-state index is -4.80. The van der Waals surface area contributed by atoms with E-state index in [2.05, 4.69) is 0 Å². The van der Waals surface area contributed by atoms with Gasteiger partial charge in [-0.15, -0.1) is 0 Å². The summed E-state index contributed by atoms with van der Waals surface area (Å²) in [6.07, 6.45) is -4.80. The summed E-state index contributed by atoms with van der Waals surface area (Å²) in [5, 5.41) is 9.83. The summed E-state index contributed by atoms with van der Waals surface area (Å²) in [6, 6.07) is 4.37. The lowest BCUT2D eigenvalue weighted by atomic mass is 9.84. The van der Waals surface area contributed by atoms with Crippen molar-refractivity contribution in [1.82, 2.24) is 0 Å². The number of nitrogens with two attached hydrogens (primary N) is 1. The van der Waals surface area contributed by atoms with E-state index < -0.39 is 17.8 Å². The highest BCUT2D eigenvalue weighted by Crippen LogP contribution is 2.41. The second kappa shape index (κ2) is 4.07. The fraction of sp³-hybridized carbons (Fsp3) is 0.455. The van der Waals surface area contributed by atoms with Crippen LogP contribution in [0.2, 0.25) is 0 Å². The molecule has 3 N–H and O–H groups in total. The molecule has 2 unspecified atom stereocenters. The Bertz CT molecular complexity index is 376. The lowest BCUT2D eigenvalue weighted by molar-refractivity contribution is -0.273. The lowest BCUT2D eigenvalue weighted by Gasteiger charge is -2.35. The normalized spacial score (nSPS) is 17.9. The van der Waals surface area contributed by atoms with E-state index in [1.54, 1.807) is 6.07 Å². The van der Waals surface area contributed by atoms with E-state index in [1.807, 2.05) is 0 Å². The molecule has 90 valence electrons. The van der Waals surface area contributed by atoms with Crippen molar-refractivity contribution in [3.63, 3.8) is 0 Å². The summed E-state index contributed by atoms with van der Waals surface area (Å²) in [6.45, 7) is 2.65. The van der Waals surface area contributed by atoms with Crippen molar-refractivity contribution in [2.45, 2.75) is 31.7 Å². The maximum absolute atomic E-state index is 12.9. The summed E-state index contributed by atoms with van der Waals surface area (Å²) in [4.78, 5) is 0. The molecule has 0 aliphatic rings. The number of halogens is 3. The first-order valence-corrected chi connectivity index (χ1v) is 4.82. The second-order valence-corrected chi connectivity index (χ2v) is 3.87. The molecular weight excluding hydrogens is 219 g/mol. The first-order chi connectivity index (χ1) is 7.21.